The lowest BCUT2D eigenvalue weighted by Gasteiger charge is -2.33. The molecule has 2 N–H and O–H groups in total. The molecule has 2 amide bonds. The van der Waals surface area contributed by atoms with Crippen LogP contribution in [-0.2, 0) is 9.59 Å². The highest BCUT2D eigenvalue weighted by Crippen LogP contribution is 2.54. The first kappa shape index (κ1) is 16.1. The average Bonchev–Trinajstić information content (AvgIpc) is 3.24. The number of carbonyl (C=O) groups excluding carboxylic acids is 2. The molecular formula is C19H29N3O2. The third kappa shape index (κ3) is 2.57. The predicted octanol–water partition coefficient (Wildman–Crippen LogP) is 1.30. The van der Waals surface area contributed by atoms with Crippen LogP contribution in [0.1, 0.15) is 40.0 Å². The van der Waals surface area contributed by atoms with E-state index in [0.717, 1.165) is 25.9 Å². The number of rotatable bonds is 2. The molecule has 0 radical (unpaired) electrons. The molecule has 4 rings (SSSR count). The smallest absolute Gasteiger partial charge is 0.243 e. The number of nitrogens with zero attached hydrogens (tertiary/aromatic N) is 1. The van der Waals surface area contributed by atoms with Gasteiger partial charge in [0.2, 0.25) is 11.8 Å². The summed E-state index contributed by atoms with van der Waals surface area (Å²) in [6.07, 6.45) is 7.70. The zero-order valence-corrected chi connectivity index (χ0v) is 14.9. The van der Waals surface area contributed by atoms with Crippen LogP contribution in [0, 0.1) is 23.7 Å². The third-order valence-corrected chi connectivity index (χ3v) is 6.20. The number of carbonyl (C=O) groups is 2. The van der Waals surface area contributed by atoms with Gasteiger partial charge in [0.25, 0.3) is 0 Å². The monoisotopic (exact) mass is 331 g/mol. The molecule has 0 aromatic heterocycles. The Morgan fingerprint density at radius 2 is 1.96 bits per heavy atom. The molecule has 0 aromatic carbocycles. The number of hydrogen-bond acceptors (Lipinski definition) is 3. The second kappa shape index (κ2) is 5.58. The molecule has 3 fully saturated rings. The van der Waals surface area contributed by atoms with Gasteiger partial charge in [-0.3, -0.25) is 9.59 Å². The maximum atomic E-state index is 13.1. The number of likely N-dealkylation sites (tertiary alicyclic amines) is 1. The normalized spacial score (nSPS) is 40.2. The summed E-state index contributed by atoms with van der Waals surface area (Å²) < 4.78 is 0. The van der Waals surface area contributed by atoms with E-state index in [2.05, 4.69) is 22.8 Å². The lowest BCUT2D eigenvalue weighted by Crippen LogP contribution is -2.56. The van der Waals surface area contributed by atoms with Crippen molar-refractivity contribution in [2.24, 2.45) is 23.7 Å². The van der Waals surface area contributed by atoms with E-state index in [9.17, 15) is 9.59 Å². The summed E-state index contributed by atoms with van der Waals surface area (Å²) in [7, 11) is 0. The lowest BCUT2D eigenvalue weighted by molar-refractivity contribution is -0.141. The molecule has 1 saturated carbocycles. The molecule has 2 aliphatic carbocycles. The van der Waals surface area contributed by atoms with Gasteiger partial charge in [-0.1, -0.05) is 12.2 Å². The molecule has 0 spiro atoms. The van der Waals surface area contributed by atoms with Gasteiger partial charge in [0.1, 0.15) is 6.04 Å². The minimum atomic E-state index is -0.302. The maximum Gasteiger partial charge on any atom is 0.243 e. The number of fused-ring (bicyclic) bond motifs is 5. The fourth-order valence-electron chi connectivity index (χ4n) is 5.32. The molecule has 4 aliphatic rings. The van der Waals surface area contributed by atoms with Gasteiger partial charge in [0, 0.05) is 12.1 Å². The highest BCUT2D eigenvalue weighted by molar-refractivity contribution is 5.91. The van der Waals surface area contributed by atoms with E-state index >= 15 is 0 Å². The first-order valence-electron chi connectivity index (χ1n) is 9.39. The predicted molar refractivity (Wildman–Crippen MR) is 92.1 cm³/mol. The van der Waals surface area contributed by atoms with Crippen LogP contribution in [0.2, 0.25) is 0 Å². The zero-order valence-electron chi connectivity index (χ0n) is 14.9. The summed E-state index contributed by atoms with van der Waals surface area (Å²) in [5.41, 5.74) is -0.275. The van der Waals surface area contributed by atoms with Gasteiger partial charge in [-0.25, -0.2) is 0 Å². The van der Waals surface area contributed by atoms with Crippen molar-refractivity contribution in [3.05, 3.63) is 12.2 Å². The van der Waals surface area contributed by atoms with Crippen LogP contribution >= 0.6 is 0 Å². The molecule has 2 bridgehead atoms. The van der Waals surface area contributed by atoms with Crippen molar-refractivity contribution in [2.45, 2.75) is 57.7 Å². The van der Waals surface area contributed by atoms with E-state index in [1.54, 1.807) is 0 Å². The van der Waals surface area contributed by atoms with Gasteiger partial charge < -0.3 is 15.5 Å². The Hall–Kier alpha value is -1.36. The van der Waals surface area contributed by atoms with Gasteiger partial charge in [0.05, 0.1) is 6.04 Å². The van der Waals surface area contributed by atoms with Crippen LogP contribution in [0.4, 0.5) is 0 Å². The summed E-state index contributed by atoms with van der Waals surface area (Å²) in [4.78, 5) is 28.0. The lowest BCUT2D eigenvalue weighted by atomic mass is 9.81. The van der Waals surface area contributed by atoms with Crippen molar-refractivity contribution in [2.75, 3.05) is 13.1 Å². The van der Waals surface area contributed by atoms with Gasteiger partial charge in [0.15, 0.2) is 0 Å². The van der Waals surface area contributed by atoms with E-state index in [1.165, 1.54) is 6.42 Å². The van der Waals surface area contributed by atoms with Crippen molar-refractivity contribution in [1.82, 2.24) is 15.5 Å². The van der Waals surface area contributed by atoms with Crippen LogP contribution in [0.3, 0.4) is 0 Å². The van der Waals surface area contributed by atoms with Crippen molar-refractivity contribution >= 4 is 11.8 Å². The number of nitrogens with one attached hydrogen (secondary N) is 2. The van der Waals surface area contributed by atoms with Gasteiger partial charge in [-0.05, 0) is 70.3 Å². The molecule has 5 nitrogen and oxygen atoms in total. The third-order valence-electron chi connectivity index (χ3n) is 6.20. The topological polar surface area (TPSA) is 61.4 Å². The van der Waals surface area contributed by atoms with Crippen molar-refractivity contribution in [3.63, 3.8) is 0 Å². The molecule has 2 saturated heterocycles. The van der Waals surface area contributed by atoms with Gasteiger partial charge >= 0.3 is 0 Å². The Bertz CT molecular complexity index is 574. The van der Waals surface area contributed by atoms with E-state index in [1.807, 2.05) is 25.7 Å². The highest BCUT2D eigenvalue weighted by Gasteiger charge is 2.58. The Balaban J connectivity index is 1.60. The number of amides is 2. The summed E-state index contributed by atoms with van der Waals surface area (Å²) in [5.74, 6) is 1.94. The number of hydrogen-bond donors (Lipinski definition) is 2. The minimum absolute atomic E-state index is 0.0299. The Kier molecular flexibility index (Phi) is 3.75. The van der Waals surface area contributed by atoms with Crippen LogP contribution in [0.5, 0.6) is 0 Å². The fraction of sp³-hybridized carbons (Fsp3) is 0.789. The van der Waals surface area contributed by atoms with Crippen LogP contribution < -0.4 is 10.6 Å². The molecule has 6 unspecified atom stereocenters. The molecule has 2 heterocycles. The van der Waals surface area contributed by atoms with Crippen molar-refractivity contribution in [3.8, 4) is 0 Å². The fourth-order valence-corrected chi connectivity index (χ4v) is 5.32. The van der Waals surface area contributed by atoms with Crippen molar-refractivity contribution in [1.29, 1.82) is 0 Å². The summed E-state index contributed by atoms with van der Waals surface area (Å²) in [6.45, 7) is 7.66. The quantitative estimate of drug-likeness (QED) is 0.750. The first-order valence-corrected chi connectivity index (χ1v) is 9.39. The Morgan fingerprint density at radius 1 is 1.21 bits per heavy atom. The second-order valence-electron chi connectivity index (χ2n) is 9.01. The maximum absolute atomic E-state index is 13.1. The van der Waals surface area contributed by atoms with Crippen LogP contribution in [-0.4, -0.2) is 47.4 Å². The van der Waals surface area contributed by atoms with Crippen LogP contribution in [0.25, 0.3) is 0 Å². The summed E-state index contributed by atoms with van der Waals surface area (Å²) in [6, 6.07) is -0.400. The molecule has 0 aromatic rings. The molecular weight excluding hydrogens is 302 g/mol. The average molecular weight is 331 g/mol. The number of allylic oxidation sites excluding steroid dienone is 2. The van der Waals surface area contributed by atoms with E-state index in [4.69, 9.17) is 0 Å². The first-order chi connectivity index (χ1) is 11.3. The largest absolute Gasteiger partial charge is 0.350 e. The zero-order chi connectivity index (χ0) is 17.1. The molecule has 24 heavy (non-hydrogen) atoms. The van der Waals surface area contributed by atoms with E-state index < -0.39 is 0 Å². The summed E-state index contributed by atoms with van der Waals surface area (Å²) >= 11 is 0. The molecule has 2 aliphatic heterocycles. The van der Waals surface area contributed by atoms with Gasteiger partial charge in [-0.2, -0.15) is 0 Å². The second-order valence-corrected chi connectivity index (χ2v) is 9.01. The minimum Gasteiger partial charge on any atom is -0.350 e. The van der Waals surface area contributed by atoms with E-state index in [-0.39, 0.29) is 29.4 Å². The van der Waals surface area contributed by atoms with Crippen LogP contribution in [0.15, 0.2) is 12.2 Å². The standard InChI is InChI=1S/C19H29N3O2/c1-19(2,3)21-17(23)16-15-12-7-6-11(9-12)13(15)10-22(16)18(24)14-5-4-8-20-14/h6-7,11-16,20H,4-5,8-10H2,1-3H3,(H,21,23). The molecule has 6 atom stereocenters. The molecule has 132 valence electrons. The Morgan fingerprint density at radius 3 is 2.62 bits per heavy atom. The Labute approximate surface area is 144 Å². The van der Waals surface area contributed by atoms with E-state index in [0.29, 0.717) is 23.7 Å². The van der Waals surface area contributed by atoms with Gasteiger partial charge in [-0.15, -0.1) is 0 Å². The van der Waals surface area contributed by atoms with Crippen molar-refractivity contribution < 1.29 is 9.59 Å². The molecule has 5 heteroatoms. The SMILES string of the molecule is CC(C)(C)NC(=O)C1C2C3C=CC(C3)C2CN1C(=O)C1CCCN1. The highest BCUT2D eigenvalue weighted by atomic mass is 16.2. The summed E-state index contributed by atoms with van der Waals surface area (Å²) in [5, 5.41) is 6.44.